The molecule has 1 fully saturated rings. The third kappa shape index (κ3) is 3.37. The van der Waals surface area contributed by atoms with E-state index in [0.29, 0.717) is 19.3 Å². The van der Waals surface area contributed by atoms with Crippen molar-refractivity contribution < 1.29 is 14.7 Å². The minimum Gasteiger partial charge on any atom is -0.481 e. The standard InChI is InChI=1S/C14H21N3O3/c1-2-3-11(17-7-6-15-10-17)8-12(18)16-9-14(4-5-14)13(19)20/h6-7,10-11H,2-5,8-9H2,1H3,(H,16,18)(H,19,20). The second-order valence-electron chi connectivity index (χ2n) is 5.52. The number of aromatic nitrogens is 2. The summed E-state index contributed by atoms with van der Waals surface area (Å²) in [5, 5.41) is 11.8. The highest BCUT2D eigenvalue weighted by atomic mass is 16.4. The van der Waals surface area contributed by atoms with E-state index in [1.54, 1.807) is 12.5 Å². The number of amides is 1. The summed E-state index contributed by atoms with van der Waals surface area (Å²) in [6, 6.07) is 0.0856. The van der Waals surface area contributed by atoms with Crippen molar-refractivity contribution in [3.05, 3.63) is 18.7 Å². The average Bonchev–Trinajstić information content (AvgIpc) is 3.02. The molecule has 1 heterocycles. The normalized spacial score (nSPS) is 17.4. The van der Waals surface area contributed by atoms with E-state index < -0.39 is 11.4 Å². The molecular weight excluding hydrogens is 258 g/mol. The maximum Gasteiger partial charge on any atom is 0.311 e. The summed E-state index contributed by atoms with van der Waals surface area (Å²) in [6.45, 7) is 2.31. The van der Waals surface area contributed by atoms with Gasteiger partial charge in [-0.3, -0.25) is 9.59 Å². The summed E-state index contributed by atoms with van der Waals surface area (Å²) in [6.07, 6.45) is 8.82. The SMILES string of the molecule is CCCC(CC(=O)NCC1(C(=O)O)CC1)n1ccnc1. The largest absolute Gasteiger partial charge is 0.481 e. The zero-order chi connectivity index (χ0) is 14.6. The summed E-state index contributed by atoms with van der Waals surface area (Å²) >= 11 is 0. The van der Waals surface area contributed by atoms with Crippen LogP contribution in [-0.2, 0) is 9.59 Å². The number of carboxylic acids is 1. The minimum absolute atomic E-state index is 0.0856. The van der Waals surface area contributed by atoms with Crippen LogP contribution >= 0.6 is 0 Å². The van der Waals surface area contributed by atoms with Gasteiger partial charge in [-0.15, -0.1) is 0 Å². The van der Waals surface area contributed by atoms with Crippen molar-refractivity contribution in [2.75, 3.05) is 6.54 Å². The molecule has 0 radical (unpaired) electrons. The van der Waals surface area contributed by atoms with E-state index in [1.807, 2.05) is 10.8 Å². The molecule has 1 aromatic heterocycles. The van der Waals surface area contributed by atoms with Crippen LogP contribution in [-0.4, -0.2) is 33.1 Å². The van der Waals surface area contributed by atoms with Crippen LogP contribution in [0.4, 0.5) is 0 Å². The van der Waals surface area contributed by atoms with Gasteiger partial charge in [-0.2, -0.15) is 0 Å². The molecule has 0 aliphatic heterocycles. The fraction of sp³-hybridized carbons (Fsp3) is 0.643. The summed E-state index contributed by atoms with van der Waals surface area (Å²) < 4.78 is 1.94. The van der Waals surface area contributed by atoms with Crippen molar-refractivity contribution in [2.45, 2.75) is 45.1 Å². The first kappa shape index (κ1) is 14.6. The molecule has 1 saturated carbocycles. The number of imidazole rings is 1. The second-order valence-corrected chi connectivity index (χ2v) is 5.52. The molecule has 0 spiro atoms. The topological polar surface area (TPSA) is 84.2 Å². The Balaban J connectivity index is 1.84. The van der Waals surface area contributed by atoms with E-state index >= 15 is 0 Å². The first-order valence-corrected chi connectivity index (χ1v) is 7.05. The molecular formula is C14H21N3O3. The molecule has 0 bridgehead atoms. The van der Waals surface area contributed by atoms with Gasteiger partial charge in [-0.1, -0.05) is 13.3 Å². The molecule has 2 N–H and O–H groups in total. The number of carbonyl (C=O) groups excluding carboxylic acids is 1. The van der Waals surface area contributed by atoms with Gasteiger partial charge in [0.15, 0.2) is 0 Å². The van der Waals surface area contributed by atoms with Crippen LogP contribution in [0.25, 0.3) is 0 Å². The predicted molar refractivity (Wildman–Crippen MR) is 73.1 cm³/mol. The summed E-state index contributed by atoms with van der Waals surface area (Å²) in [7, 11) is 0. The smallest absolute Gasteiger partial charge is 0.311 e. The Morgan fingerprint density at radius 2 is 2.25 bits per heavy atom. The maximum atomic E-state index is 12.0. The van der Waals surface area contributed by atoms with Gasteiger partial charge in [0, 0.05) is 31.4 Å². The molecule has 2 rings (SSSR count). The Hall–Kier alpha value is -1.85. The van der Waals surface area contributed by atoms with Crippen LogP contribution in [0, 0.1) is 5.41 Å². The number of rotatable bonds is 8. The third-order valence-corrected chi connectivity index (χ3v) is 3.92. The zero-order valence-electron chi connectivity index (χ0n) is 11.7. The van der Waals surface area contributed by atoms with Gasteiger partial charge in [0.2, 0.25) is 5.91 Å². The number of carbonyl (C=O) groups is 2. The number of aliphatic carboxylic acids is 1. The van der Waals surface area contributed by atoms with Gasteiger partial charge < -0.3 is 15.0 Å². The lowest BCUT2D eigenvalue weighted by Gasteiger charge is -2.18. The molecule has 1 unspecified atom stereocenters. The third-order valence-electron chi connectivity index (χ3n) is 3.92. The quantitative estimate of drug-likeness (QED) is 0.757. The Morgan fingerprint density at radius 1 is 1.50 bits per heavy atom. The van der Waals surface area contributed by atoms with E-state index in [9.17, 15) is 9.59 Å². The fourth-order valence-electron chi connectivity index (χ4n) is 2.35. The van der Waals surface area contributed by atoms with Crippen LogP contribution in [0.3, 0.4) is 0 Å². The van der Waals surface area contributed by atoms with Gasteiger partial charge in [-0.05, 0) is 19.3 Å². The molecule has 1 amide bonds. The number of nitrogens with one attached hydrogen (secondary N) is 1. The van der Waals surface area contributed by atoms with E-state index in [2.05, 4.69) is 17.2 Å². The lowest BCUT2D eigenvalue weighted by Crippen LogP contribution is -2.35. The Bertz CT molecular complexity index is 466. The van der Waals surface area contributed by atoms with Gasteiger partial charge in [0.05, 0.1) is 11.7 Å². The van der Waals surface area contributed by atoms with Crippen LogP contribution in [0.5, 0.6) is 0 Å². The van der Waals surface area contributed by atoms with Crippen LogP contribution in [0.1, 0.15) is 45.1 Å². The van der Waals surface area contributed by atoms with Gasteiger partial charge in [-0.25, -0.2) is 4.98 Å². The average molecular weight is 279 g/mol. The lowest BCUT2D eigenvalue weighted by atomic mass is 10.1. The van der Waals surface area contributed by atoms with Crippen molar-refractivity contribution in [2.24, 2.45) is 5.41 Å². The Kier molecular flexibility index (Phi) is 4.42. The highest BCUT2D eigenvalue weighted by molar-refractivity contribution is 5.81. The van der Waals surface area contributed by atoms with Crippen molar-refractivity contribution in [1.82, 2.24) is 14.9 Å². The molecule has 1 atom stereocenters. The zero-order valence-corrected chi connectivity index (χ0v) is 11.7. The first-order chi connectivity index (χ1) is 9.57. The predicted octanol–water partition coefficient (Wildman–Crippen LogP) is 1.60. The molecule has 0 aromatic carbocycles. The van der Waals surface area contributed by atoms with Crippen LogP contribution < -0.4 is 5.32 Å². The van der Waals surface area contributed by atoms with Crippen molar-refractivity contribution in [1.29, 1.82) is 0 Å². The van der Waals surface area contributed by atoms with E-state index in [0.717, 1.165) is 12.8 Å². The van der Waals surface area contributed by atoms with Crippen LogP contribution in [0.2, 0.25) is 0 Å². The molecule has 1 aromatic rings. The lowest BCUT2D eigenvalue weighted by molar-refractivity contribution is -0.143. The van der Waals surface area contributed by atoms with Gasteiger partial charge >= 0.3 is 5.97 Å². The highest BCUT2D eigenvalue weighted by Crippen LogP contribution is 2.45. The maximum absolute atomic E-state index is 12.0. The number of nitrogens with zero attached hydrogens (tertiary/aromatic N) is 2. The van der Waals surface area contributed by atoms with Gasteiger partial charge in [0.25, 0.3) is 0 Å². The molecule has 20 heavy (non-hydrogen) atoms. The molecule has 110 valence electrons. The number of hydrogen-bond acceptors (Lipinski definition) is 3. The molecule has 1 aliphatic carbocycles. The van der Waals surface area contributed by atoms with Gasteiger partial charge in [0.1, 0.15) is 0 Å². The summed E-state index contributed by atoms with van der Waals surface area (Å²) in [5.41, 5.74) is -0.703. The highest BCUT2D eigenvalue weighted by Gasteiger charge is 2.50. The van der Waals surface area contributed by atoms with Crippen LogP contribution in [0.15, 0.2) is 18.7 Å². The van der Waals surface area contributed by atoms with E-state index in [1.165, 1.54) is 0 Å². The monoisotopic (exact) mass is 279 g/mol. The van der Waals surface area contributed by atoms with Crippen molar-refractivity contribution in [3.8, 4) is 0 Å². The fourth-order valence-corrected chi connectivity index (χ4v) is 2.35. The first-order valence-electron chi connectivity index (χ1n) is 7.05. The summed E-state index contributed by atoms with van der Waals surface area (Å²) in [4.78, 5) is 27.0. The molecule has 6 heteroatoms. The van der Waals surface area contributed by atoms with Crippen molar-refractivity contribution >= 4 is 11.9 Å². The van der Waals surface area contributed by atoms with E-state index in [-0.39, 0.29) is 18.5 Å². The number of hydrogen-bond donors (Lipinski definition) is 2. The molecule has 0 saturated heterocycles. The molecule has 6 nitrogen and oxygen atoms in total. The Labute approximate surface area is 118 Å². The second kappa shape index (κ2) is 6.07. The Morgan fingerprint density at radius 3 is 2.75 bits per heavy atom. The van der Waals surface area contributed by atoms with E-state index in [4.69, 9.17) is 5.11 Å². The number of carboxylic acid groups (broad SMARTS) is 1. The minimum atomic E-state index is -0.808. The van der Waals surface area contributed by atoms with Crippen molar-refractivity contribution in [3.63, 3.8) is 0 Å². The summed E-state index contributed by atoms with van der Waals surface area (Å²) in [5.74, 6) is -0.901. The molecule has 1 aliphatic rings.